The average Bonchev–Trinajstić information content (AvgIpc) is 2.61. The maximum absolute atomic E-state index is 13.1. The summed E-state index contributed by atoms with van der Waals surface area (Å²) in [5, 5.41) is 12.4. The van der Waals surface area contributed by atoms with Gasteiger partial charge in [-0.1, -0.05) is 39.0 Å². The van der Waals surface area contributed by atoms with E-state index in [9.17, 15) is 31.5 Å². The van der Waals surface area contributed by atoms with Crippen molar-refractivity contribution in [3.05, 3.63) is 53.6 Å². The summed E-state index contributed by atoms with van der Waals surface area (Å²) in [6, 6.07) is 6.91. The largest absolute Gasteiger partial charge is 0.506 e. The van der Waals surface area contributed by atoms with E-state index in [4.69, 9.17) is 0 Å². The minimum atomic E-state index is -4.88. The molecule has 1 amide bonds. The number of amides is 1. The summed E-state index contributed by atoms with van der Waals surface area (Å²) >= 11 is 0. The Morgan fingerprint density at radius 2 is 1.67 bits per heavy atom. The smallest absolute Gasteiger partial charge is 0.417 e. The Bertz CT molecular complexity index is 1040. The zero-order valence-corrected chi connectivity index (χ0v) is 17.6. The fourth-order valence-corrected chi connectivity index (χ4v) is 4.06. The molecule has 2 rings (SSSR count). The predicted octanol–water partition coefficient (Wildman–Crippen LogP) is 4.01. The molecule has 0 aromatic heterocycles. The van der Waals surface area contributed by atoms with E-state index in [-0.39, 0.29) is 16.9 Å². The number of carbonyl (C=O) groups excluding carboxylic acids is 1. The van der Waals surface area contributed by atoms with Gasteiger partial charge in [0.1, 0.15) is 5.75 Å². The van der Waals surface area contributed by atoms with Gasteiger partial charge in [0, 0.05) is 0 Å². The molecule has 30 heavy (non-hydrogen) atoms. The number of phenolic OH excluding ortho intramolecular Hbond substituents is 1. The van der Waals surface area contributed by atoms with Crippen molar-refractivity contribution in [2.45, 2.75) is 50.2 Å². The number of rotatable bonds is 5. The number of halogens is 3. The molecule has 6 nitrogen and oxygen atoms in total. The lowest BCUT2D eigenvalue weighted by Crippen LogP contribution is -2.42. The summed E-state index contributed by atoms with van der Waals surface area (Å²) in [5.41, 5.74) is -0.737. The zero-order valence-electron chi connectivity index (χ0n) is 16.8. The number of phenols is 1. The van der Waals surface area contributed by atoms with E-state index in [1.54, 1.807) is 12.1 Å². The van der Waals surface area contributed by atoms with Crippen molar-refractivity contribution in [3.8, 4) is 5.75 Å². The molecule has 0 unspecified atom stereocenters. The van der Waals surface area contributed by atoms with Crippen molar-refractivity contribution in [2.75, 3.05) is 5.32 Å². The van der Waals surface area contributed by atoms with Crippen LogP contribution in [0.1, 0.15) is 38.8 Å². The molecule has 0 spiro atoms. The number of alkyl halides is 3. The summed E-state index contributed by atoms with van der Waals surface area (Å²) in [4.78, 5) is 11.5. The second kappa shape index (κ2) is 8.27. The topological polar surface area (TPSA) is 95.5 Å². The molecule has 10 heteroatoms. The second-order valence-electron chi connectivity index (χ2n) is 7.81. The standard InChI is InChI=1S/C20H23F3N2O4S/c1-12(18(27)24-15-11-13(19(2,3)4)9-10-16(15)26)25-30(28,29)17-8-6-5-7-14(17)20(21,22)23/h5-12,25-26H,1-4H3,(H,24,27)/t12-/m0/s1. The van der Waals surface area contributed by atoms with Crippen molar-refractivity contribution in [2.24, 2.45) is 0 Å². The number of hydrogen-bond acceptors (Lipinski definition) is 4. The molecular weight excluding hydrogens is 421 g/mol. The molecule has 0 heterocycles. The quantitative estimate of drug-likeness (QED) is 0.607. The first-order chi connectivity index (χ1) is 13.6. The molecule has 0 radical (unpaired) electrons. The Hall–Kier alpha value is -2.59. The minimum Gasteiger partial charge on any atom is -0.506 e. The van der Waals surface area contributed by atoms with Gasteiger partial charge in [-0.2, -0.15) is 17.9 Å². The van der Waals surface area contributed by atoms with E-state index in [0.29, 0.717) is 6.07 Å². The number of anilines is 1. The van der Waals surface area contributed by atoms with Gasteiger partial charge in [0.15, 0.2) is 0 Å². The van der Waals surface area contributed by atoms with Crippen LogP contribution < -0.4 is 10.0 Å². The lowest BCUT2D eigenvalue weighted by atomic mass is 9.87. The molecule has 0 aliphatic carbocycles. The van der Waals surface area contributed by atoms with Crippen LogP contribution in [0, 0.1) is 0 Å². The van der Waals surface area contributed by atoms with Crippen LogP contribution in [0.15, 0.2) is 47.4 Å². The van der Waals surface area contributed by atoms with Crippen LogP contribution in [0.5, 0.6) is 5.75 Å². The Morgan fingerprint density at radius 3 is 2.23 bits per heavy atom. The predicted molar refractivity (Wildman–Crippen MR) is 107 cm³/mol. The van der Waals surface area contributed by atoms with E-state index < -0.39 is 38.6 Å². The maximum atomic E-state index is 13.1. The van der Waals surface area contributed by atoms with E-state index in [1.165, 1.54) is 13.0 Å². The van der Waals surface area contributed by atoms with E-state index >= 15 is 0 Å². The summed E-state index contributed by atoms with van der Waals surface area (Å²) < 4.78 is 66.3. The Kier molecular flexibility index (Phi) is 6.53. The van der Waals surface area contributed by atoms with Crippen LogP contribution in [-0.4, -0.2) is 25.5 Å². The highest BCUT2D eigenvalue weighted by atomic mass is 32.2. The Morgan fingerprint density at radius 1 is 1.07 bits per heavy atom. The minimum absolute atomic E-state index is 0.0640. The van der Waals surface area contributed by atoms with Crippen molar-refractivity contribution >= 4 is 21.6 Å². The third kappa shape index (κ3) is 5.51. The molecule has 1 atom stereocenters. The average molecular weight is 444 g/mol. The van der Waals surface area contributed by atoms with Crippen molar-refractivity contribution < 1.29 is 31.5 Å². The van der Waals surface area contributed by atoms with Crippen molar-refractivity contribution in [1.82, 2.24) is 4.72 Å². The number of hydrogen-bond donors (Lipinski definition) is 3. The first-order valence-electron chi connectivity index (χ1n) is 8.96. The SMILES string of the molecule is C[C@H](NS(=O)(=O)c1ccccc1C(F)(F)F)C(=O)Nc1cc(C(C)(C)C)ccc1O. The van der Waals surface area contributed by atoms with E-state index in [1.807, 2.05) is 25.5 Å². The lowest BCUT2D eigenvalue weighted by Gasteiger charge is -2.21. The van der Waals surface area contributed by atoms with Crippen LogP contribution in [0.3, 0.4) is 0 Å². The molecule has 2 aromatic carbocycles. The van der Waals surface area contributed by atoms with E-state index in [0.717, 1.165) is 23.8 Å². The van der Waals surface area contributed by atoms with Crippen LogP contribution in [0.2, 0.25) is 0 Å². The van der Waals surface area contributed by atoms with Gasteiger partial charge < -0.3 is 10.4 Å². The fourth-order valence-electron chi connectivity index (χ4n) is 2.63. The molecule has 2 aromatic rings. The van der Waals surface area contributed by atoms with Gasteiger partial charge in [-0.05, 0) is 42.2 Å². The number of benzene rings is 2. The normalized spacial score (nSPS) is 13.7. The maximum Gasteiger partial charge on any atom is 0.417 e. The number of carbonyl (C=O) groups is 1. The fraction of sp³-hybridized carbons (Fsp3) is 0.350. The first kappa shape index (κ1) is 23.7. The van der Waals surface area contributed by atoms with Crippen LogP contribution in [0.25, 0.3) is 0 Å². The number of nitrogens with one attached hydrogen (secondary N) is 2. The summed E-state index contributed by atoms with van der Waals surface area (Å²) in [7, 11) is -4.65. The summed E-state index contributed by atoms with van der Waals surface area (Å²) in [6.45, 7) is 6.98. The molecule has 3 N–H and O–H groups in total. The molecular formula is C20H23F3N2O4S. The molecule has 0 saturated heterocycles. The summed E-state index contributed by atoms with van der Waals surface area (Å²) in [6.07, 6.45) is -4.88. The van der Waals surface area contributed by atoms with Gasteiger partial charge in [0.2, 0.25) is 15.9 Å². The third-order valence-electron chi connectivity index (χ3n) is 4.33. The molecule has 0 bridgehead atoms. The highest BCUT2D eigenvalue weighted by molar-refractivity contribution is 7.89. The second-order valence-corrected chi connectivity index (χ2v) is 9.49. The molecule has 0 aliphatic heterocycles. The van der Waals surface area contributed by atoms with Gasteiger partial charge in [0.25, 0.3) is 0 Å². The third-order valence-corrected chi connectivity index (χ3v) is 5.93. The van der Waals surface area contributed by atoms with Crippen LogP contribution in [-0.2, 0) is 26.4 Å². The molecule has 0 aliphatic rings. The van der Waals surface area contributed by atoms with Gasteiger partial charge in [-0.25, -0.2) is 8.42 Å². The Balaban J connectivity index is 2.25. The van der Waals surface area contributed by atoms with E-state index in [2.05, 4.69) is 5.32 Å². The number of aromatic hydroxyl groups is 1. The highest BCUT2D eigenvalue weighted by Gasteiger charge is 2.37. The number of sulfonamides is 1. The highest BCUT2D eigenvalue weighted by Crippen LogP contribution is 2.34. The van der Waals surface area contributed by atoms with Gasteiger partial charge in [0.05, 0.1) is 22.2 Å². The zero-order chi connectivity index (χ0) is 22.9. The van der Waals surface area contributed by atoms with Crippen LogP contribution in [0.4, 0.5) is 18.9 Å². The first-order valence-corrected chi connectivity index (χ1v) is 10.4. The van der Waals surface area contributed by atoms with Gasteiger partial charge in [-0.15, -0.1) is 0 Å². The molecule has 0 fully saturated rings. The Labute approximate surface area is 173 Å². The lowest BCUT2D eigenvalue weighted by molar-refractivity contribution is -0.139. The summed E-state index contributed by atoms with van der Waals surface area (Å²) in [5.74, 6) is -1.07. The van der Waals surface area contributed by atoms with Gasteiger partial charge in [-0.3, -0.25) is 4.79 Å². The van der Waals surface area contributed by atoms with Crippen LogP contribution >= 0.6 is 0 Å². The van der Waals surface area contributed by atoms with Crippen molar-refractivity contribution in [3.63, 3.8) is 0 Å². The monoisotopic (exact) mass is 444 g/mol. The molecule has 0 saturated carbocycles. The molecule has 164 valence electrons. The van der Waals surface area contributed by atoms with Crippen molar-refractivity contribution in [1.29, 1.82) is 0 Å². The van der Waals surface area contributed by atoms with Gasteiger partial charge >= 0.3 is 6.18 Å².